The van der Waals surface area contributed by atoms with E-state index in [2.05, 4.69) is 22.0 Å². The van der Waals surface area contributed by atoms with E-state index in [0.29, 0.717) is 11.2 Å². The number of aryl methyl sites for hydroxylation is 2. The summed E-state index contributed by atoms with van der Waals surface area (Å²) in [5.74, 6) is 8.00. The van der Waals surface area contributed by atoms with Crippen LogP contribution in [-0.2, 0) is 7.05 Å². The number of carbonyl (C=O) groups is 2. The van der Waals surface area contributed by atoms with Gasteiger partial charge in [-0.05, 0) is 18.6 Å². The van der Waals surface area contributed by atoms with Gasteiger partial charge in [0.2, 0.25) is 0 Å². The number of aliphatic hydroxyl groups is 1. The fraction of sp³-hybridized carbons (Fsp3) is 0.286. The van der Waals surface area contributed by atoms with Crippen molar-refractivity contribution in [2.24, 2.45) is 18.7 Å². The molecule has 0 fully saturated rings. The first-order chi connectivity index (χ1) is 14.3. The first kappa shape index (κ1) is 24.0. The van der Waals surface area contributed by atoms with Crippen LogP contribution in [0.15, 0.2) is 36.4 Å². The quantitative estimate of drug-likeness (QED) is 0.335. The third-order valence-electron chi connectivity index (χ3n) is 5.33. The molecule has 2 atom stereocenters. The molecule has 166 valence electrons. The number of amides is 1. The molecule has 8 N–H and O–H groups in total. The molecule has 1 aromatic heterocycles. The highest BCUT2D eigenvalue weighted by atomic mass is 16.3. The number of aliphatic hydroxyl groups excluding tert-OH is 1. The van der Waals surface area contributed by atoms with Crippen LogP contribution in [0.1, 0.15) is 38.1 Å². The standard InChI is InChI=1S/C21H22N4O3.H4N2.H2O/c1-11-22-17-14(25(11)4)10-13(21(28)24(2)3)15-18(17)23-16(20(27)19(15)26)12-8-6-5-7-9-12;1-2;/h5-10,16,20,23,27H,1-4H3;1-2H2;1H2/t16-,20-;;/m1../s1. The SMILES string of the molecule is Cc1nc2c3c(c(C(=O)N(C)C)cc2n1C)C(=O)[C@H](O)[C@@H](c1ccccc1)N3.NN.O. The van der Waals surface area contributed by atoms with Crippen LogP contribution in [-0.4, -0.2) is 56.9 Å². The van der Waals surface area contributed by atoms with Gasteiger partial charge in [-0.25, -0.2) is 4.98 Å². The minimum absolute atomic E-state index is 0. The summed E-state index contributed by atoms with van der Waals surface area (Å²) >= 11 is 0. The fourth-order valence-electron chi connectivity index (χ4n) is 3.70. The zero-order chi connectivity index (χ0) is 22.2. The summed E-state index contributed by atoms with van der Waals surface area (Å²) in [7, 11) is 5.14. The summed E-state index contributed by atoms with van der Waals surface area (Å²) in [5.41, 5.74) is 3.12. The molecule has 0 bridgehead atoms. The summed E-state index contributed by atoms with van der Waals surface area (Å²) in [6, 6.07) is 10.4. The maximum Gasteiger partial charge on any atom is 0.254 e. The van der Waals surface area contributed by atoms with Gasteiger partial charge in [-0.15, -0.1) is 0 Å². The van der Waals surface area contributed by atoms with Crippen LogP contribution >= 0.6 is 0 Å². The number of benzene rings is 2. The van der Waals surface area contributed by atoms with Crippen LogP contribution in [0.25, 0.3) is 11.0 Å². The van der Waals surface area contributed by atoms with Crippen molar-refractivity contribution in [1.82, 2.24) is 14.5 Å². The molecule has 3 aromatic rings. The number of hydrogen-bond donors (Lipinski definition) is 4. The van der Waals surface area contributed by atoms with Crippen molar-refractivity contribution in [3.8, 4) is 0 Å². The number of anilines is 1. The average Bonchev–Trinajstić information content (AvgIpc) is 3.05. The smallest absolute Gasteiger partial charge is 0.254 e. The fourth-order valence-corrected chi connectivity index (χ4v) is 3.70. The topological polar surface area (TPSA) is 171 Å². The third kappa shape index (κ3) is 3.89. The zero-order valence-corrected chi connectivity index (χ0v) is 17.9. The molecule has 0 spiro atoms. The van der Waals surface area contributed by atoms with E-state index < -0.39 is 17.9 Å². The van der Waals surface area contributed by atoms with E-state index in [0.717, 1.165) is 16.9 Å². The van der Waals surface area contributed by atoms with Crippen molar-refractivity contribution in [3.05, 3.63) is 58.9 Å². The predicted octanol–water partition coefficient (Wildman–Crippen LogP) is 0.288. The monoisotopic (exact) mass is 428 g/mol. The van der Waals surface area contributed by atoms with Crippen molar-refractivity contribution in [2.75, 3.05) is 19.4 Å². The number of ketones is 1. The van der Waals surface area contributed by atoms with E-state index in [-0.39, 0.29) is 22.5 Å². The summed E-state index contributed by atoms with van der Waals surface area (Å²) in [6.45, 7) is 1.87. The molecule has 31 heavy (non-hydrogen) atoms. The Kier molecular flexibility index (Phi) is 7.13. The van der Waals surface area contributed by atoms with Crippen LogP contribution in [0, 0.1) is 6.92 Å². The molecule has 0 saturated heterocycles. The van der Waals surface area contributed by atoms with Gasteiger partial charge in [0.15, 0.2) is 5.78 Å². The number of nitrogens with zero attached hydrogens (tertiary/aromatic N) is 3. The summed E-state index contributed by atoms with van der Waals surface area (Å²) in [6.07, 6.45) is -1.30. The number of imidazole rings is 1. The van der Waals surface area contributed by atoms with Crippen molar-refractivity contribution >= 4 is 28.4 Å². The lowest BCUT2D eigenvalue weighted by Gasteiger charge is -2.32. The minimum Gasteiger partial charge on any atom is -0.412 e. The molecule has 10 heteroatoms. The molecule has 0 saturated carbocycles. The van der Waals surface area contributed by atoms with Crippen LogP contribution in [0.5, 0.6) is 0 Å². The van der Waals surface area contributed by atoms with Crippen molar-refractivity contribution in [3.63, 3.8) is 0 Å². The highest BCUT2D eigenvalue weighted by Gasteiger charge is 2.39. The van der Waals surface area contributed by atoms with E-state index in [9.17, 15) is 14.7 Å². The highest BCUT2D eigenvalue weighted by Crippen LogP contribution is 2.40. The van der Waals surface area contributed by atoms with E-state index in [1.54, 1.807) is 20.2 Å². The Morgan fingerprint density at radius 3 is 2.42 bits per heavy atom. The number of hydrogen-bond acceptors (Lipinski definition) is 7. The largest absolute Gasteiger partial charge is 0.412 e. The van der Waals surface area contributed by atoms with Gasteiger partial charge in [0.25, 0.3) is 5.91 Å². The molecule has 4 rings (SSSR count). The van der Waals surface area contributed by atoms with E-state index >= 15 is 0 Å². The summed E-state index contributed by atoms with van der Waals surface area (Å²) in [5, 5.41) is 14.0. The van der Waals surface area contributed by atoms with Crippen molar-refractivity contribution in [1.29, 1.82) is 0 Å². The molecule has 0 unspecified atom stereocenters. The summed E-state index contributed by atoms with van der Waals surface area (Å²) in [4.78, 5) is 32.0. The van der Waals surface area contributed by atoms with Crippen molar-refractivity contribution < 1.29 is 20.2 Å². The Bertz CT molecular complexity index is 1110. The minimum atomic E-state index is -1.30. The second-order valence-electron chi connectivity index (χ2n) is 7.30. The number of aromatic nitrogens is 2. The van der Waals surface area contributed by atoms with Gasteiger partial charge < -0.3 is 25.4 Å². The zero-order valence-electron chi connectivity index (χ0n) is 17.9. The number of hydrazine groups is 1. The molecule has 0 radical (unpaired) electrons. The Morgan fingerprint density at radius 2 is 1.84 bits per heavy atom. The molecule has 10 nitrogen and oxygen atoms in total. The number of carbonyl (C=O) groups excluding carboxylic acids is 2. The molecule has 1 aliphatic heterocycles. The van der Waals surface area contributed by atoms with Crippen LogP contribution in [0.4, 0.5) is 5.69 Å². The normalized spacial score (nSPS) is 17.1. The molecular weight excluding hydrogens is 400 g/mol. The van der Waals surface area contributed by atoms with E-state index in [4.69, 9.17) is 0 Å². The van der Waals surface area contributed by atoms with Crippen LogP contribution in [0.3, 0.4) is 0 Å². The molecule has 2 aromatic carbocycles. The van der Waals surface area contributed by atoms with Gasteiger partial charge in [0.05, 0.1) is 28.4 Å². The highest BCUT2D eigenvalue weighted by molar-refractivity contribution is 6.19. The second-order valence-corrected chi connectivity index (χ2v) is 7.30. The van der Waals surface area contributed by atoms with Crippen LogP contribution in [0.2, 0.25) is 0 Å². The first-order valence-corrected chi connectivity index (χ1v) is 9.40. The molecular formula is C21H28N6O4. The predicted molar refractivity (Wildman–Crippen MR) is 119 cm³/mol. The Labute approximate surface area is 179 Å². The lowest BCUT2D eigenvalue weighted by molar-refractivity contribution is 0.0686. The molecule has 1 amide bonds. The lowest BCUT2D eigenvalue weighted by atomic mass is 9.86. The van der Waals surface area contributed by atoms with E-state index in [1.807, 2.05) is 48.9 Å². The Morgan fingerprint density at radius 1 is 1.23 bits per heavy atom. The number of nitrogens with one attached hydrogen (secondary N) is 1. The van der Waals surface area contributed by atoms with Crippen LogP contribution < -0.4 is 17.0 Å². The number of fused-ring (bicyclic) bond motifs is 3. The van der Waals surface area contributed by atoms with Gasteiger partial charge in [0, 0.05) is 21.1 Å². The molecule has 1 aliphatic rings. The van der Waals surface area contributed by atoms with Gasteiger partial charge >= 0.3 is 0 Å². The average molecular weight is 428 g/mol. The first-order valence-electron chi connectivity index (χ1n) is 9.40. The van der Waals surface area contributed by atoms with Gasteiger partial charge in [-0.2, -0.15) is 0 Å². The second kappa shape index (κ2) is 9.23. The molecule has 0 aliphatic carbocycles. The van der Waals surface area contributed by atoms with E-state index in [1.165, 1.54) is 4.90 Å². The van der Waals surface area contributed by atoms with Crippen molar-refractivity contribution in [2.45, 2.75) is 19.1 Å². The Balaban J connectivity index is 0.00000111. The van der Waals surface area contributed by atoms with Gasteiger partial charge in [-0.3, -0.25) is 21.3 Å². The number of nitrogens with two attached hydrogens (primary N) is 2. The number of rotatable bonds is 2. The summed E-state index contributed by atoms with van der Waals surface area (Å²) < 4.78 is 1.89. The Hall–Kier alpha value is -3.31. The van der Waals surface area contributed by atoms with Gasteiger partial charge in [-0.1, -0.05) is 30.3 Å². The molecule has 2 heterocycles. The maximum absolute atomic E-state index is 13.2. The number of Topliss-reactive ketones (excluding diaryl/α,β-unsaturated/α-hetero) is 1. The lowest BCUT2D eigenvalue weighted by Crippen LogP contribution is -2.39. The van der Waals surface area contributed by atoms with Gasteiger partial charge in [0.1, 0.15) is 17.4 Å². The third-order valence-corrected chi connectivity index (χ3v) is 5.33. The maximum atomic E-state index is 13.2.